The molecule has 0 saturated carbocycles. The Bertz CT molecular complexity index is 639. The molecule has 94 valence electrons. The summed E-state index contributed by atoms with van der Waals surface area (Å²) in [5.41, 5.74) is 5.03. The molecule has 2 aromatic rings. The zero-order chi connectivity index (χ0) is 12.9. The summed E-state index contributed by atoms with van der Waals surface area (Å²) >= 11 is 0. The topological polar surface area (TPSA) is 42.2 Å². The van der Waals surface area contributed by atoms with Gasteiger partial charge in [-0.1, -0.05) is 12.1 Å². The van der Waals surface area contributed by atoms with Gasteiger partial charge in [0, 0.05) is 23.6 Å². The second-order valence-electron chi connectivity index (χ2n) is 5.28. The van der Waals surface area contributed by atoms with Gasteiger partial charge >= 0.3 is 5.97 Å². The number of aromatic nitrogens is 1. The zero-order valence-electron chi connectivity index (χ0n) is 10.7. The summed E-state index contributed by atoms with van der Waals surface area (Å²) in [5, 5.41) is 10.4. The lowest BCUT2D eigenvalue weighted by Gasteiger charge is -2.19. The van der Waals surface area contributed by atoms with Crippen LogP contribution in [0.4, 0.5) is 0 Å². The Kier molecular flexibility index (Phi) is 2.44. The molecule has 3 heteroatoms. The van der Waals surface area contributed by atoms with Crippen molar-refractivity contribution >= 4 is 16.9 Å². The van der Waals surface area contributed by atoms with Crippen LogP contribution >= 0.6 is 0 Å². The Morgan fingerprint density at radius 1 is 1.44 bits per heavy atom. The normalized spacial score (nSPS) is 18.9. The van der Waals surface area contributed by atoms with Crippen molar-refractivity contribution in [3.63, 3.8) is 0 Å². The minimum Gasteiger partial charge on any atom is -0.481 e. The van der Waals surface area contributed by atoms with E-state index >= 15 is 0 Å². The number of hydrogen-bond acceptors (Lipinski definition) is 1. The largest absolute Gasteiger partial charge is 0.481 e. The molecule has 1 N–H and O–H groups in total. The van der Waals surface area contributed by atoms with Crippen molar-refractivity contribution in [1.29, 1.82) is 0 Å². The van der Waals surface area contributed by atoms with Crippen LogP contribution in [-0.2, 0) is 24.7 Å². The summed E-state index contributed by atoms with van der Waals surface area (Å²) in [6, 6.07) is 6.42. The average molecular weight is 243 g/mol. The molecule has 0 spiro atoms. The summed E-state index contributed by atoms with van der Waals surface area (Å²) in [4.78, 5) is 11.2. The lowest BCUT2D eigenvalue weighted by molar-refractivity contribution is -0.142. The summed E-state index contributed by atoms with van der Waals surface area (Å²) in [6.45, 7) is 2.09. The molecule has 1 aromatic heterocycles. The fourth-order valence-electron chi connectivity index (χ4n) is 3.09. The molecule has 3 nitrogen and oxygen atoms in total. The summed E-state index contributed by atoms with van der Waals surface area (Å²) < 4.78 is 2.23. The maximum Gasteiger partial charge on any atom is 0.306 e. The molecule has 0 amide bonds. The summed E-state index contributed by atoms with van der Waals surface area (Å²) in [6.07, 6.45) is 2.30. The van der Waals surface area contributed by atoms with Crippen LogP contribution in [-0.4, -0.2) is 15.6 Å². The number of benzene rings is 1. The van der Waals surface area contributed by atoms with Gasteiger partial charge in [-0.05, 0) is 43.4 Å². The number of aryl methyl sites for hydroxylation is 2. The first-order chi connectivity index (χ1) is 8.58. The molecule has 3 rings (SSSR count). The monoisotopic (exact) mass is 243 g/mol. The van der Waals surface area contributed by atoms with E-state index in [1.807, 2.05) is 0 Å². The fraction of sp³-hybridized carbons (Fsp3) is 0.400. The Balaban J connectivity index is 2.19. The molecular formula is C15H17NO2. The van der Waals surface area contributed by atoms with Gasteiger partial charge in [-0.25, -0.2) is 0 Å². The molecule has 0 fully saturated rings. The van der Waals surface area contributed by atoms with Gasteiger partial charge in [0.1, 0.15) is 0 Å². The lowest BCUT2D eigenvalue weighted by Crippen LogP contribution is -2.22. The number of carbonyl (C=O) groups is 1. The van der Waals surface area contributed by atoms with E-state index in [0.717, 1.165) is 12.8 Å². The summed E-state index contributed by atoms with van der Waals surface area (Å²) in [7, 11) is 2.09. The van der Waals surface area contributed by atoms with Crippen LogP contribution in [0, 0.1) is 12.8 Å². The van der Waals surface area contributed by atoms with E-state index in [1.54, 1.807) is 0 Å². The van der Waals surface area contributed by atoms with E-state index in [2.05, 4.69) is 36.7 Å². The third-order valence-electron chi connectivity index (χ3n) is 4.12. The fourth-order valence-corrected chi connectivity index (χ4v) is 3.09. The Morgan fingerprint density at radius 3 is 2.94 bits per heavy atom. The van der Waals surface area contributed by atoms with Gasteiger partial charge in [0.05, 0.1) is 5.92 Å². The minimum atomic E-state index is -0.662. The number of fused-ring (bicyclic) bond motifs is 3. The van der Waals surface area contributed by atoms with Crippen molar-refractivity contribution in [3.05, 3.63) is 35.0 Å². The highest BCUT2D eigenvalue weighted by Gasteiger charge is 2.28. The Labute approximate surface area is 106 Å². The maximum atomic E-state index is 11.2. The van der Waals surface area contributed by atoms with E-state index in [0.29, 0.717) is 6.42 Å². The van der Waals surface area contributed by atoms with E-state index in [-0.39, 0.29) is 5.92 Å². The number of carboxylic acid groups (broad SMARTS) is 1. The molecule has 0 bridgehead atoms. The average Bonchev–Trinajstić information content (AvgIpc) is 2.62. The first-order valence-corrected chi connectivity index (χ1v) is 6.37. The second kappa shape index (κ2) is 3.87. The SMILES string of the molecule is Cc1ccc2c3c(n(C)c2c1)CCC(C(=O)O)C3. The van der Waals surface area contributed by atoms with E-state index in [1.165, 1.54) is 27.7 Å². The van der Waals surface area contributed by atoms with Crippen LogP contribution in [0.15, 0.2) is 18.2 Å². The Morgan fingerprint density at radius 2 is 2.22 bits per heavy atom. The van der Waals surface area contributed by atoms with Crippen LogP contribution in [0.1, 0.15) is 23.2 Å². The smallest absolute Gasteiger partial charge is 0.306 e. The molecular weight excluding hydrogens is 226 g/mol. The molecule has 1 aromatic carbocycles. The van der Waals surface area contributed by atoms with Gasteiger partial charge in [0.25, 0.3) is 0 Å². The van der Waals surface area contributed by atoms with Gasteiger partial charge in [-0.2, -0.15) is 0 Å². The second-order valence-corrected chi connectivity index (χ2v) is 5.28. The quantitative estimate of drug-likeness (QED) is 0.836. The lowest BCUT2D eigenvalue weighted by atomic mass is 9.86. The highest BCUT2D eigenvalue weighted by Crippen LogP contribution is 2.34. The van der Waals surface area contributed by atoms with Gasteiger partial charge in [0.15, 0.2) is 0 Å². The van der Waals surface area contributed by atoms with Gasteiger partial charge in [-0.15, -0.1) is 0 Å². The van der Waals surface area contributed by atoms with Crippen LogP contribution in [0.3, 0.4) is 0 Å². The number of rotatable bonds is 1. The molecule has 1 aliphatic rings. The first kappa shape index (κ1) is 11.3. The molecule has 1 unspecified atom stereocenters. The molecule has 1 aliphatic carbocycles. The Hall–Kier alpha value is -1.77. The zero-order valence-corrected chi connectivity index (χ0v) is 10.7. The predicted octanol–water partition coefficient (Wildman–Crippen LogP) is 2.68. The van der Waals surface area contributed by atoms with Crippen LogP contribution in [0.25, 0.3) is 10.9 Å². The van der Waals surface area contributed by atoms with Crippen LogP contribution in [0.2, 0.25) is 0 Å². The standard InChI is InChI=1S/C15H17NO2/c1-9-3-5-11-12-8-10(15(17)18)4-6-13(12)16(2)14(11)7-9/h3,5,7,10H,4,6,8H2,1-2H3,(H,17,18). The number of carboxylic acids is 1. The van der Waals surface area contributed by atoms with Crippen molar-refractivity contribution in [2.24, 2.45) is 13.0 Å². The summed E-state index contributed by atoms with van der Waals surface area (Å²) in [5.74, 6) is -0.880. The highest BCUT2D eigenvalue weighted by molar-refractivity contribution is 5.87. The predicted molar refractivity (Wildman–Crippen MR) is 70.8 cm³/mol. The van der Waals surface area contributed by atoms with Crippen LogP contribution in [0.5, 0.6) is 0 Å². The third-order valence-corrected chi connectivity index (χ3v) is 4.12. The van der Waals surface area contributed by atoms with Crippen molar-refractivity contribution in [1.82, 2.24) is 4.57 Å². The van der Waals surface area contributed by atoms with Crippen LogP contribution < -0.4 is 0 Å². The van der Waals surface area contributed by atoms with Crippen molar-refractivity contribution < 1.29 is 9.90 Å². The van der Waals surface area contributed by atoms with Gasteiger partial charge < -0.3 is 9.67 Å². The van der Waals surface area contributed by atoms with E-state index in [9.17, 15) is 9.90 Å². The number of aliphatic carboxylic acids is 1. The van der Waals surface area contributed by atoms with Gasteiger partial charge in [-0.3, -0.25) is 4.79 Å². The highest BCUT2D eigenvalue weighted by atomic mass is 16.4. The number of nitrogens with zero attached hydrogens (tertiary/aromatic N) is 1. The number of hydrogen-bond donors (Lipinski definition) is 1. The van der Waals surface area contributed by atoms with Gasteiger partial charge in [0.2, 0.25) is 0 Å². The molecule has 0 radical (unpaired) electrons. The van der Waals surface area contributed by atoms with Crippen molar-refractivity contribution in [3.8, 4) is 0 Å². The van der Waals surface area contributed by atoms with Crippen molar-refractivity contribution in [2.75, 3.05) is 0 Å². The molecule has 1 atom stereocenters. The van der Waals surface area contributed by atoms with E-state index in [4.69, 9.17) is 0 Å². The maximum absolute atomic E-state index is 11.2. The first-order valence-electron chi connectivity index (χ1n) is 6.37. The minimum absolute atomic E-state index is 0.218. The van der Waals surface area contributed by atoms with Crippen molar-refractivity contribution in [2.45, 2.75) is 26.2 Å². The molecule has 0 saturated heterocycles. The molecule has 0 aliphatic heterocycles. The molecule has 1 heterocycles. The van der Waals surface area contributed by atoms with E-state index < -0.39 is 5.97 Å². The molecule has 18 heavy (non-hydrogen) atoms. The third kappa shape index (κ3) is 1.54.